The molecular formula is C14H29ClN2O2. The summed E-state index contributed by atoms with van der Waals surface area (Å²) in [6.07, 6.45) is 4.72. The van der Waals surface area contributed by atoms with E-state index in [1.165, 1.54) is 6.42 Å². The second kappa shape index (κ2) is 10.5. The Bertz CT molecular complexity index is 242. The van der Waals surface area contributed by atoms with Crippen molar-refractivity contribution in [1.29, 1.82) is 0 Å². The Kier molecular flexibility index (Phi) is 10.3. The van der Waals surface area contributed by atoms with Crippen LogP contribution in [-0.4, -0.2) is 48.2 Å². The number of carbonyl (C=O) groups excluding carboxylic acids is 1. The molecule has 1 rings (SSSR count). The predicted octanol–water partition coefficient (Wildman–Crippen LogP) is 1.81. The monoisotopic (exact) mass is 292 g/mol. The highest BCUT2D eigenvalue weighted by Gasteiger charge is 2.27. The Balaban J connectivity index is 0.00000324. The molecule has 0 saturated heterocycles. The number of halogens is 1. The summed E-state index contributed by atoms with van der Waals surface area (Å²) in [4.78, 5) is 14.1. The third-order valence-electron chi connectivity index (χ3n) is 3.99. The van der Waals surface area contributed by atoms with E-state index in [1.807, 2.05) is 0 Å². The minimum atomic E-state index is -0.804. The second-order valence-electron chi connectivity index (χ2n) is 5.16. The fourth-order valence-electron chi connectivity index (χ4n) is 2.65. The first-order valence-corrected chi connectivity index (χ1v) is 7.37. The van der Waals surface area contributed by atoms with Gasteiger partial charge in [0.05, 0.1) is 0 Å². The highest BCUT2D eigenvalue weighted by molar-refractivity contribution is 5.85. The van der Waals surface area contributed by atoms with Crippen molar-refractivity contribution in [2.24, 2.45) is 5.92 Å². The summed E-state index contributed by atoms with van der Waals surface area (Å²) in [7, 11) is 0. The van der Waals surface area contributed by atoms with Gasteiger partial charge < -0.3 is 15.3 Å². The molecule has 1 unspecified atom stereocenters. The van der Waals surface area contributed by atoms with Crippen molar-refractivity contribution < 1.29 is 9.90 Å². The maximum Gasteiger partial charge on any atom is 0.249 e. The Hall–Kier alpha value is -0.320. The van der Waals surface area contributed by atoms with Crippen LogP contribution < -0.4 is 5.32 Å². The zero-order chi connectivity index (χ0) is 13.4. The minimum Gasteiger partial charge on any atom is -0.383 e. The lowest BCUT2D eigenvalue weighted by atomic mass is 9.85. The summed E-state index contributed by atoms with van der Waals surface area (Å²) >= 11 is 0. The molecule has 1 aliphatic rings. The van der Waals surface area contributed by atoms with E-state index in [-0.39, 0.29) is 24.2 Å². The molecule has 0 spiro atoms. The van der Waals surface area contributed by atoms with Gasteiger partial charge >= 0.3 is 0 Å². The highest BCUT2D eigenvalue weighted by atomic mass is 35.5. The maximum atomic E-state index is 11.8. The third-order valence-corrected chi connectivity index (χ3v) is 3.99. The van der Waals surface area contributed by atoms with Crippen LogP contribution >= 0.6 is 12.4 Å². The van der Waals surface area contributed by atoms with Crippen molar-refractivity contribution in [2.75, 3.05) is 26.2 Å². The number of aliphatic hydroxyl groups is 1. The molecule has 0 aromatic rings. The molecule has 19 heavy (non-hydrogen) atoms. The normalized spacial score (nSPS) is 17.9. The average Bonchev–Trinajstić information content (AvgIpc) is 2.43. The molecule has 1 aliphatic carbocycles. The Morgan fingerprint density at radius 1 is 1.26 bits per heavy atom. The molecule has 0 aliphatic heterocycles. The molecule has 1 atom stereocenters. The van der Waals surface area contributed by atoms with Crippen LogP contribution in [-0.2, 0) is 4.79 Å². The Morgan fingerprint density at radius 3 is 2.37 bits per heavy atom. The lowest BCUT2D eigenvalue weighted by molar-refractivity contribution is -0.132. The number of hydrogen-bond acceptors (Lipinski definition) is 3. The molecule has 0 heterocycles. The molecule has 114 valence electrons. The number of nitrogens with one attached hydrogen (secondary N) is 1. The summed E-state index contributed by atoms with van der Waals surface area (Å²) in [5.74, 6) is -0.0127. The topological polar surface area (TPSA) is 52.6 Å². The number of aliphatic hydroxyl groups excluding tert-OH is 1. The number of hydrogen-bond donors (Lipinski definition) is 2. The highest BCUT2D eigenvalue weighted by Crippen LogP contribution is 2.26. The average molecular weight is 293 g/mol. The number of rotatable bonds is 7. The van der Waals surface area contributed by atoms with Gasteiger partial charge in [0.25, 0.3) is 0 Å². The Morgan fingerprint density at radius 2 is 1.84 bits per heavy atom. The van der Waals surface area contributed by atoms with Crippen LogP contribution in [0.15, 0.2) is 0 Å². The molecule has 0 bridgehead atoms. The van der Waals surface area contributed by atoms with Crippen LogP contribution in [0.4, 0.5) is 0 Å². The first kappa shape index (κ1) is 18.7. The third kappa shape index (κ3) is 6.59. The van der Waals surface area contributed by atoms with Gasteiger partial charge in [-0.05, 0) is 31.8 Å². The fraction of sp³-hybridized carbons (Fsp3) is 0.929. The van der Waals surface area contributed by atoms with Crippen molar-refractivity contribution in [3.63, 3.8) is 0 Å². The van der Waals surface area contributed by atoms with E-state index < -0.39 is 6.10 Å². The van der Waals surface area contributed by atoms with Crippen molar-refractivity contribution in [2.45, 2.75) is 52.1 Å². The van der Waals surface area contributed by atoms with Gasteiger partial charge in [0.2, 0.25) is 5.91 Å². The number of amides is 1. The molecule has 1 amide bonds. The van der Waals surface area contributed by atoms with E-state index in [0.717, 1.165) is 45.3 Å². The summed E-state index contributed by atoms with van der Waals surface area (Å²) < 4.78 is 0. The van der Waals surface area contributed by atoms with Crippen LogP contribution in [0.3, 0.4) is 0 Å². The smallest absolute Gasteiger partial charge is 0.249 e. The van der Waals surface area contributed by atoms with Crippen LogP contribution in [0, 0.1) is 5.92 Å². The maximum absolute atomic E-state index is 11.8. The molecule has 5 heteroatoms. The van der Waals surface area contributed by atoms with Crippen LogP contribution in [0.5, 0.6) is 0 Å². The Labute approximate surface area is 123 Å². The molecule has 1 saturated carbocycles. The lowest BCUT2D eigenvalue weighted by Gasteiger charge is -2.26. The van der Waals surface area contributed by atoms with E-state index in [2.05, 4.69) is 24.1 Å². The summed E-state index contributed by atoms with van der Waals surface area (Å²) in [6.45, 7) is 7.71. The SMILES string of the molecule is CCN(CC)CCNC(=O)C(O)C1CCCCC1.Cl. The van der Waals surface area contributed by atoms with Gasteiger partial charge in [0.1, 0.15) is 6.10 Å². The van der Waals surface area contributed by atoms with E-state index >= 15 is 0 Å². The van der Waals surface area contributed by atoms with Gasteiger partial charge in [-0.15, -0.1) is 12.4 Å². The van der Waals surface area contributed by atoms with Crippen molar-refractivity contribution in [1.82, 2.24) is 10.2 Å². The molecule has 0 aromatic carbocycles. The molecule has 0 radical (unpaired) electrons. The van der Waals surface area contributed by atoms with Crippen LogP contribution in [0.2, 0.25) is 0 Å². The first-order chi connectivity index (χ1) is 8.69. The molecule has 2 N–H and O–H groups in total. The molecule has 0 aromatic heterocycles. The zero-order valence-electron chi connectivity index (χ0n) is 12.2. The van der Waals surface area contributed by atoms with Crippen LogP contribution in [0.1, 0.15) is 46.0 Å². The standard InChI is InChI=1S/C14H28N2O2.ClH/c1-3-16(4-2)11-10-15-14(18)13(17)12-8-6-5-7-9-12;/h12-13,17H,3-11H2,1-2H3,(H,15,18);1H. The summed E-state index contributed by atoms with van der Waals surface area (Å²) in [6, 6.07) is 0. The van der Waals surface area contributed by atoms with Gasteiger partial charge in [-0.2, -0.15) is 0 Å². The number of nitrogens with zero attached hydrogens (tertiary/aromatic N) is 1. The largest absolute Gasteiger partial charge is 0.383 e. The van der Waals surface area contributed by atoms with Gasteiger partial charge in [-0.25, -0.2) is 0 Å². The molecule has 1 fully saturated rings. The van der Waals surface area contributed by atoms with Gasteiger partial charge in [0.15, 0.2) is 0 Å². The van der Waals surface area contributed by atoms with Crippen LogP contribution in [0.25, 0.3) is 0 Å². The first-order valence-electron chi connectivity index (χ1n) is 7.37. The number of carbonyl (C=O) groups is 1. The van der Waals surface area contributed by atoms with E-state index in [9.17, 15) is 9.90 Å². The van der Waals surface area contributed by atoms with Gasteiger partial charge in [0, 0.05) is 13.1 Å². The summed E-state index contributed by atoms with van der Waals surface area (Å²) in [5, 5.41) is 12.8. The number of likely N-dealkylation sites (N-methyl/N-ethyl adjacent to an activating group) is 1. The van der Waals surface area contributed by atoms with Gasteiger partial charge in [-0.1, -0.05) is 33.1 Å². The zero-order valence-corrected chi connectivity index (χ0v) is 13.0. The fourth-order valence-corrected chi connectivity index (χ4v) is 2.65. The molecular weight excluding hydrogens is 264 g/mol. The summed E-state index contributed by atoms with van der Waals surface area (Å²) in [5.41, 5.74) is 0. The van der Waals surface area contributed by atoms with Crippen molar-refractivity contribution in [3.05, 3.63) is 0 Å². The van der Waals surface area contributed by atoms with E-state index in [1.54, 1.807) is 0 Å². The second-order valence-corrected chi connectivity index (χ2v) is 5.16. The lowest BCUT2D eigenvalue weighted by Crippen LogP contribution is -2.43. The minimum absolute atomic E-state index is 0. The van der Waals surface area contributed by atoms with E-state index in [4.69, 9.17) is 0 Å². The van der Waals surface area contributed by atoms with Gasteiger partial charge in [-0.3, -0.25) is 4.79 Å². The quantitative estimate of drug-likeness (QED) is 0.752. The predicted molar refractivity (Wildman–Crippen MR) is 80.6 cm³/mol. The van der Waals surface area contributed by atoms with Crippen molar-refractivity contribution in [3.8, 4) is 0 Å². The molecule has 4 nitrogen and oxygen atoms in total. The van der Waals surface area contributed by atoms with Crippen molar-refractivity contribution >= 4 is 18.3 Å². The van der Waals surface area contributed by atoms with E-state index in [0.29, 0.717) is 6.54 Å².